The van der Waals surface area contributed by atoms with E-state index in [1.165, 1.54) is 5.52 Å². The van der Waals surface area contributed by atoms with Crippen LogP contribution in [0.4, 0.5) is 0 Å². The molecule has 0 atom stereocenters. The lowest BCUT2D eigenvalue weighted by atomic mass is 10.1. The van der Waals surface area contributed by atoms with Gasteiger partial charge in [0.1, 0.15) is 11.3 Å². The number of nitrogens with one attached hydrogen (secondary N) is 1. The van der Waals surface area contributed by atoms with Crippen LogP contribution in [0.25, 0.3) is 33.3 Å². The number of rotatable bonds is 5. The number of aromatic nitrogens is 4. The first-order chi connectivity index (χ1) is 11.8. The van der Waals surface area contributed by atoms with Crippen LogP contribution in [0, 0.1) is 0 Å². The van der Waals surface area contributed by atoms with E-state index in [0.717, 1.165) is 46.5 Å². The number of nitrogens with two attached hydrogens (primary N) is 1. The van der Waals surface area contributed by atoms with E-state index in [1.54, 1.807) is 19.5 Å². The lowest BCUT2D eigenvalue weighted by molar-refractivity contribution is 0.415. The minimum Gasteiger partial charge on any atom is -0.497 e. The van der Waals surface area contributed by atoms with Gasteiger partial charge in [-0.15, -0.1) is 0 Å². The summed E-state index contributed by atoms with van der Waals surface area (Å²) in [6.07, 6.45) is 6.49. The predicted molar refractivity (Wildman–Crippen MR) is 95.0 cm³/mol. The molecule has 0 bridgehead atoms. The molecule has 0 aliphatic heterocycles. The molecule has 6 heteroatoms. The van der Waals surface area contributed by atoms with Gasteiger partial charge in [0.25, 0.3) is 0 Å². The summed E-state index contributed by atoms with van der Waals surface area (Å²) in [6.45, 7) is 1.56. The van der Waals surface area contributed by atoms with Crippen LogP contribution in [-0.4, -0.2) is 33.2 Å². The molecular formula is C18H19N5O. The summed E-state index contributed by atoms with van der Waals surface area (Å²) in [7, 11) is 1.68. The minimum atomic E-state index is 0.672. The maximum atomic E-state index is 5.68. The molecule has 4 aromatic rings. The number of nitrogens with zero attached hydrogens (tertiary/aromatic N) is 3. The van der Waals surface area contributed by atoms with E-state index in [4.69, 9.17) is 10.5 Å². The maximum absolute atomic E-state index is 5.68. The van der Waals surface area contributed by atoms with Crippen molar-refractivity contribution in [1.82, 2.24) is 19.5 Å². The van der Waals surface area contributed by atoms with Crippen LogP contribution < -0.4 is 10.5 Å². The molecule has 0 amide bonds. The van der Waals surface area contributed by atoms with Gasteiger partial charge in [-0.3, -0.25) is 4.98 Å². The van der Waals surface area contributed by atoms with Crippen molar-refractivity contribution < 1.29 is 4.74 Å². The Bertz CT molecular complexity index is 968. The number of aryl methyl sites for hydroxylation is 1. The summed E-state index contributed by atoms with van der Waals surface area (Å²) >= 11 is 0. The van der Waals surface area contributed by atoms with Gasteiger partial charge in [-0.2, -0.15) is 0 Å². The summed E-state index contributed by atoms with van der Waals surface area (Å²) in [5, 5.41) is 1.14. The zero-order valence-electron chi connectivity index (χ0n) is 13.5. The summed E-state index contributed by atoms with van der Waals surface area (Å²) in [5.74, 6) is 0.840. The second-order valence-electron chi connectivity index (χ2n) is 5.73. The summed E-state index contributed by atoms with van der Waals surface area (Å²) in [4.78, 5) is 12.0. The molecule has 3 heterocycles. The van der Waals surface area contributed by atoms with Crippen LogP contribution in [0.15, 0.2) is 42.9 Å². The van der Waals surface area contributed by atoms with E-state index in [1.807, 2.05) is 12.1 Å². The average Bonchev–Trinajstić information content (AvgIpc) is 3.20. The number of aromatic amines is 1. The summed E-state index contributed by atoms with van der Waals surface area (Å²) in [6, 6.07) is 8.17. The molecule has 6 nitrogen and oxygen atoms in total. The second-order valence-corrected chi connectivity index (χ2v) is 5.73. The first-order valence-corrected chi connectivity index (χ1v) is 7.97. The average molecular weight is 321 g/mol. The Kier molecular flexibility index (Phi) is 3.66. The van der Waals surface area contributed by atoms with Gasteiger partial charge in [0, 0.05) is 41.6 Å². The largest absolute Gasteiger partial charge is 0.497 e. The van der Waals surface area contributed by atoms with E-state index < -0.39 is 0 Å². The Morgan fingerprint density at radius 3 is 2.88 bits per heavy atom. The fourth-order valence-corrected chi connectivity index (χ4v) is 3.06. The van der Waals surface area contributed by atoms with Crippen molar-refractivity contribution in [1.29, 1.82) is 0 Å². The molecule has 0 saturated carbocycles. The molecule has 122 valence electrons. The number of hydrogen-bond acceptors (Lipinski definition) is 4. The van der Waals surface area contributed by atoms with E-state index in [-0.39, 0.29) is 0 Å². The van der Waals surface area contributed by atoms with Crippen LogP contribution in [-0.2, 0) is 6.54 Å². The van der Waals surface area contributed by atoms with Crippen molar-refractivity contribution in [3.63, 3.8) is 0 Å². The lowest BCUT2D eigenvalue weighted by Gasteiger charge is -2.04. The zero-order chi connectivity index (χ0) is 16.5. The fourth-order valence-electron chi connectivity index (χ4n) is 3.06. The highest BCUT2D eigenvalue weighted by Gasteiger charge is 2.14. The van der Waals surface area contributed by atoms with Gasteiger partial charge in [0.2, 0.25) is 0 Å². The number of H-pyrrole nitrogens is 1. The molecule has 0 radical (unpaired) electrons. The number of benzene rings is 1. The summed E-state index contributed by atoms with van der Waals surface area (Å²) in [5.41, 5.74) is 10.6. The third kappa shape index (κ3) is 2.41. The van der Waals surface area contributed by atoms with Gasteiger partial charge in [-0.05, 0) is 37.2 Å². The minimum absolute atomic E-state index is 0.672. The molecule has 0 spiro atoms. The van der Waals surface area contributed by atoms with Gasteiger partial charge in [-0.25, -0.2) is 4.98 Å². The number of fused-ring (bicyclic) bond motifs is 2. The highest BCUT2D eigenvalue weighted by atomic mass is 16.5. The quantitative estimate of drug-likeness (QED) is 0.592. The van der Waals surface area contributed by atoms with Crippen LogP contribution in [0.1, 0.15) is 6.42 Å². The Morgan fingerprint density at radius 2 is 2.08 bits per heavy atom. The second kappa shape index (κ2) is 5.98. The molecule has 1 aromatic carbocycles. The van der Waals surface area contributed by atoms with Crippen LogP contribution in [0.2, 0.25) is 0 Å². The van der Waals surface area contributed by atoms with Crippen molar-refractivity contribution in [2.75, 3.05) is 13.7 Å². The number of ether oxygens (including phenoxy) is 1. The molecular weight excluding hydrogens is 302 g/mol. The van der Waals surface area contributed by atoms with Crippen LogP contribution in [0.5, 0.6) is 5.75 Å². The van der Waals surface area contributed by atoms with E-state index in [2.05, 4.69) is 37.8 Å². The Balaban J connectivity index is 1.92. The molecule has 0 aliphatic rings. The molecule has 24 heavy (non-hydrogen) atoms. The lowest BCUT2D eigenvalue weighted by Crippen LogP contribution is -2.04. The smallest absolute Gasteiger partial charge is 0.156 e. The molecule has 4 rings (SSSR count). The highest BCUT2D eigenvalue weighted by molar-refractivity contribution is 5.98. The molecule has 0 saturated heterocycles. The molecule has 3 aromatic heterocycles. The predicted octanol–water partition coefficient (Wildman–Crippen LogP) is 2.94. The Labute approximate surface area is 139 Å². The highest BCUT2D eigenvalue weighted by Crippen LogP contribution is 2.33. The molecule has 3 N–H and O–H groups in total. The van der Waals surface area contributed by atoms with Crippen molar-refractivity contribution >= 4 is 22.1 Å². The first-order valence-electron chi connectivity index (χ1n) is 7.97. The third-order valence-corrected chi connectivity index (χ3v) is 4.24. The van der Waals surface area contributed by atoms with Gasteiger partial charge >= 0.3 is 0 Å². The van der Waals surface area contributed by atoms with Crippen molar-refractivity contribution in [3.05, 3.63) is 42.9 Å². The van der Waals surface area contributed by atoms with Gasteiger partial charge < -0.3 is 20.0 Å². The fraction of sp³-hybridized carbons (Fsp3) is 0.222. The normalized spacial score (nSPS) is 11.4. The van der Waals surface area contributed by atoms with Gasteiger partial charge in [-0.1, -0.05) is 0 Å². The maximum Gasteiger partial charge on any atom is 0.156 e. The Hall–Kier alpha value is -2.86. The number of hydrogen-bond donors (Lipinski definition) is 2. The topological polar surface area (TPSA) is 81.8 Å². The van der Waals surface area contributed by atoms with E-state index in [0.29, 0.717) is 6.54 Å². The van der Waals surface area contributed by atoms with Crippen molar-refractivity contribution in [2.45, 2.75) is 13.0 Å². The molecule has 0 aliphatic carbocycles. The Morgan fingerprint density at radius 1 is 1.21 bits per heavy atom. The van der Waals surface area contributed by atoms with Crippen LogP contribution in [0.3, 0.4) is 0 Å². The SMILES string of the molecule is COc1ccc2c(c1)c(-c1cc3nccnc3[nH]1)cn2CCCN. The van der Waals surface area contributed by atoms with Crippen molar-refractivity contribution in [3.8, 4) is 17.0 Å². The first kappa shape index (κ1) is 14.7. The van der Waals surface area contributed by atoms with Gasteiger partial charge in [0.15, 0.2) is 5.65 Å². The van der Waals surface area contributed by atoms with Crippen molar-refractivity contribution in [2.24, 2.45) is 5.73 Å². The van der Waals surface area contributed by atoms with Gasteiger partial charge in [0.05, 0.1) is 12.8 Å². The monoisotopic (exact) mass is 321 g/mol. The summed E-state index contributed by atoms with van der Waals surface area (Å²) < 4.78 is 7.64. The third-order valence-electron chi connectivity index (χ3n) is 4.24. The zero-order valence-corrected chi connectivity index (χ0v) is 13.5. The molecule has 0 fully saturated rings. The van der Waals surface area contributed by atoms with E-state index in [9.17, 15) is 0 Å². The number of methoxy groups -OCH3 is 1. The van der Waals surface area contributed by atoms with E-state index >= 15 is 0 Å². The van der Waals surface area contributed by atoms with Crippen LogP contribution >= 0.6 is 0 Å². The molecule has 0 unspecified atom stereocenters. The standard InChI is InChI=1S/C18H19N5O/c1-24-12-3-4-17-13(9-12)14(11-23(17)8-2-5-19)15-10-16-18(22-15)21-7-6-20-16/h3-4,6-7,9-11H,2,5,8,19H2,1H3,(H,21,22).